The SMILES string of the molecule is Cn1c(=O)n(COCC[Si](C)(C)C)c2cc(NC(=O)OC(C)(C)C)c(F)cc21. The zero-order chi connectivity index (χ0) is 21.3. The summed E-state index contributed by atoms with van der Waals surface area (Å²) in [6.45, 7) is 12.5. The largest absolute Gasteiger partial charge is 0.444 e. The van der Waals surface area contributed by atoms with Crippen LogP contribution >= 0.6 is 0 Å². The van der Waals surface area contributed by atoms with Gasteiger partial charge in [-0.15, -0.1) is 0 Å². The molecule has 0 atom stereocenters. The molecule has 0 saturated heterocycles. The highest BCUT2D eigenvalue weighted by atomic mass is 28.3. The summed E-state index contributed by atoms with van der Waals surface area (Å²) in [5, 5.41) is 2.41. The molecule has 0 aliphatic carbocycles. The van der Waals surface area contributed by atoms with E-state index in [9.17, 15) is 14.0 Å². The van der Waals surface area contributed by atoms with Gasteiger partial charge in [-0.05, 0) is 32.9 Å². The first-order valence-corrected chi connectivity index (χ1v) is 13.0. The van der Waals surface area contributed by atoms with Gasteiger partial charge in [0, 0.05) is 27.8 Å². The minimum atomic E-state index is -1.24. The van der Waals surface area contributed by atoms with E-state index in [4.69, 9.17) is 9.47 Å². The van der Waals surface area contributed by atoms with Crippen molar-refractivity contribution in [1.29, 1.82) is 0 Å². The molecule has 0 radical (unpaired) electrons. The number of nitrogens with one attached hydrogen (secondary N) is 1. The number of carbonyl (C=O) groups excluding carboxylic acids is 1. The number of hydrogen-bond donors (Lipinski definition) is 1. The monoisotopic (exact) mass is 411 g/mol. The fraction of sp³-hybridized carbons (Fsp3) is 0.579. The number of benzene rings is 1. The lowest BCUT2D eigenvalue weighted by Crippen LogP contribution is -2.27. The average molecular weight is 412 g/mol. The molecule has 0 aliphatic heterocycles. The molecule has 1 aromatic heterocycles. The van der Waals surface area contributed by atoms with E-state index in [2.05, 4.69) is 25.0 Å². The fourth-order valence-electron chi connectivity index (χ4n) is 2.59. The third-order valence-electron chi connectivity index (χ3n) is 4.09. The molecule has 0 spiro atoms. The van der Waals surface area contributed by atoms with Crippen LogP contribution in [0.1, 0.15) is 20.8 Å². The molecule has 2 rings (SSSR count). The molecule has 1 heterocycles. The molecule has 0 aliphatic rings. The van der Waals surface area contributed by atoms with Crippen LogP contribution in [0, 0.1) is 5.82 Å². The van der Waals surface area contributed by atoms with Crippen molar-refractivity contribution < 1.29 is 18.7 Å². The highest BCUT2D eigenvalue weighted by Gasteiger charge is 2.20. The van der Waals surface area contributed by atoms with Gasteiger partial charge >= 0.3 is 11.8 Å². The van der Waals surface area contributed by atoms with Crippen molar-refractivity contribution >= 4 is 30.9 Å². The number of ether oxygens (including phenoxy) is 2. The molecule has 7 nitrogen and oxygen atoms in total. The summed E-state index contributed by atoms with van der Waals surface area (Å²) in [6.07, 6.45) is -0.762. The second-order valence-corrected chi connectivity index (χ2v) is 14.7. The van der Waals surface area contributed by atoms with Crippen molar-refractivity contribution in [2.75, 3.05) is 11.9 Å². The van der Waals surface area contributed by atoms with Crippen molar-refractivity contribution in [3.8, 4) is 0 Å². The highest BCUT2D eigenvalue weighted by Crippen LogP contribution is 2.23. The van der Waals surface area contributed by atoms with Crippen LogP contribution in [-0.2, 0) is 23.3 Å². The molecule has 1 N–H and O–H groups in total. The maximum Gasteiger partial charge on any atom is 0.412 e. The van der Waals surface area contributed by atoms with Crippen LogP contribution in [-0.4, -0.2) is 35.5 Å². The van der Waals surface area contributed by atoms with Crippen LogP contribution in [0.3, 0.4) is 0 Å². The fourth-order valence-corrected chi connectivity index (χ4v) is 3.35. The second-order valence-electron chi connectivity index (χ2n) is 9.07. The van der Waals surface area contributed by atoms with E-state index in [1.54, 1.807) is 27.8 Å². The summed E-state index contributed by atoms with van der Waals surface area (Å²) in [5.41, 5.74) is -0.164. The Hall–Kier alpha value is -2.13. The predicted molar refractivity (Wildman–Crippen MR) is 111 cm³/mol. The molecule has 0 unspecified atom stereocenters. The van der Waals surface area contributed by atoms with Gasteiger partial charge in [0.1, 0.15) is 18.1 Å². The first-order chi connectivity index (χ1) is 12.8. The van der Waals surface area contributed by atoms with Crippen LogP contribution in [0.5, 0.6) is 0 Å². The summed E-state index contributed by atoms with van der Waals surface area (Å²) in [6, 6.07) is 3.63. The van der Waals surface area contributed by atoms with Crippen molar-refractivity contribution in [2.45, 2.75) is 58.8 Å². The Morgan fingerprint density at radius 1 is 1.21 bits per heavy atom. The lowest BCUT2D eigenvalue weighted by molar-refractivity contribution is 0.0635. The van der Waals surface area contributed by atoms with E-state index in [0.717, 1.165) is 6.04 Å². The van der Waals surface area contributed by atoms with Gasteiger partial charge in [-0.3, -0.25) is 14.5 Å². The Morgan fingerprint density at radius 2 is 1.86 bits per heavy atom. The van der Waals surface area contributed by atoms with Crippen molar-refractivity contribution in [1.82, 2.24) is 9.13 Å². The number of anilines is 1. The van der Waals surface area contributed by atoms with E-state index in [-0.39, 0.29) is 18.1 Å². The number of fused-ring (bicyclic) bond motifs is 1. The summed E-state index contributed by atoms with van der Waals surface area (Å²) in [7, 11) is 0.332. The molecular formula is C19H30FN3O4Si. The highest BCUT2D eigenvalue weighted by molar-refractivity contribution is 6.76. The second kappa shape index (κ2) is 8.08. The molecule has 1 aromatic carbocycles. The zero-order valence-corrected chi connectivity index (χ0v) is 18.7. The summed E-state index contributed by atoms with van der Waals surface area (Å²) < 4.78 is 28.1. The van der Waals surface area contributed by atoms with Crippen molar-refractivity contribution in [3.05, 3.63) is 28.4 Å². The van der Waals surface area contributed by atoms with Gasteiger partial charge in [0.15, 0.2) is 0 Å². The Balaban J connectivity index is 2.29. The Morgan fingerprint density at radius 3 is 2.43 bits per heavy atom. The van der Waals surface area contributed by atoms with Gasteiger partial charge in [-0.25, -0.2) is 14.0 Å². The molecule has 156 valence electrons. The van der Waals surface area contributed by atoms with Crippen molar-refractivity contribution in [3.63, 3.8) is 0 Å². The van der Waals surface area contributed by atoms with E-state index in [0.29, 0.717) is 17.6 Å². The van der Waals surface area contributed by atoms with E-state index < -0.39 is 25.6 Å². The molecule has 28 heavy (non-hydrogen) atoms. The number of aromatic nitrogens is 2. The van der Waals surface area contributed by atoms with Gasteiger partial charge < -0.3 is 9.47 Å². The minimum absolute atomic E-state index is 0.0526. The zero-order valence-electron chi connectivity index (χ0n) is 17.7. The van der Waals surface area contributed by atoms with Crippen LogP contribution in [0.2, 0.25) is 25.7 Å². The van der Waals surface area contributed by atoms with Crippen LogP contribution in [0.4, 0.5) is 14.9 Å². The minimum Gasteiger partial charge on any atom is -0.444 e. The third kappa shape index (κ3) is 5.68. The third-order valence-corrected chi connectivity index (χ3v) is 5.79. The number of aryl methyl sites for hydroxylation is 1. The Bertz CT molecular complexity index is 922. The van der Waals surface area contributed by atoms with Crippen LogP contribution in [0.15, 0.2) is 16.9 Å². The number of carbonyl (C=O) groups is 1. The van der Waals surface area contributed by atoms with E-state index >= 15 is 0 Å². The molecule has 0 fully saturated rings. The number of halogens is 1. The van der Waals surface area contributed by atoms with E-state index in [1.165, 1.54) is 21.3 Å². The summed E-state index contributed by atoms with van der Waals surface area (Å²) in [5.74, 6) is -0.647. The van der Waals surface area contributed by atoms with Gasteiger partial charge in [0.05, 0.1) is 16.7 Å². The van der Waals surface area contributed by atoms with Gasteiger partial charge in [0.2, 0.25) is 0 Å². The Kier molecular flexibility index (Phi) is 6.40. The maximum atomic E-state index is 14.4. The first-order valence-electron chi connectivity index (χ1n) is 9.25. The number of nitrogens with zero attached hydrogens (tertiary/aromatic N) is 2. The predicted octanol–water partition coefficient (Wildman–Crippen LogP) is 4.14. The number of hydrogen-bond acceptors (Lipinski definition) is 4. The summed E-state index contributed by atoms with van der Waals surface area (Å²) >= 11 is 0. The molecule has 0 saturated carbocycles. The topological polar surface area (TPSA) is 74.5 Å². The average Bonchev–Trinajstić information content (AvgIpc) is 2.73. The molecule has 9 heteroatoms. The quantitative estimate of drug-likeness (QED) is 0.573. The number of amides is 1. The first kappa shape index (κ1) is 22.2. The lowest BCUT2D eigenvalue weighted by Gasteiger charge is -2.20. The molecule has 1 amide bonds. The van der Waals surface area contributed by atoms with Gasteiger partial charge in [0.25, 0.3) is 0 Å². The smallest absolute Gasteiger partial charge is 0.412 e. The maximum absolute atomic E-state index is 14.4. The molecular weight excluding hydrogens is 381 g/mol. The standard InChI is InChI=1S/C19H30FN3O4Si/c1-19(2,3)27-17(24)21-14-11-16-15(10-13(14)20)22(4)18(25)23(16)12-26-8-9-28(5,6)7/h10-11H,8-9,12H2,1-7H3,(H,21,24). The number of imidazole rings is 1. The number of rotatable bonds is 6. The van der Waals surface area contributed by atoms with Crippen molar-refractivity contribution in [2.24, 2.45) is 7.05 Å². The normalized spacial score (nSPS) is 12.4. The lowest BCUT2D eigenvalue weighted by atomic mass is 10.2. The van der Waals surface area contributed by atoms with Crippen LogP contribution in [0.25, 0.3) is 11.0 Å². The van der Waals surface area contributed by atoms with Gasteiger partial charge in [-0.2, -0.15) is 0 Å². The molecule has 0 bridgehead atoms. The summed E-state index contributed by atoms with van der Waals surface area (Å²) in [4.78, 5) is 24.5. The Labute approximate surface area is 165 Å². The molecule has 2 aromatic rings. The van der Waals surface area contributed by atoms with Gasteiger partial charge in [-0.1, -0.05) is 19.6 Å². The van der Waals surface area contributed by atoms with Crippen LogP contribution < -0.4 is 11.0 Å². The van der Waals surface area contributed by atoms with E-state index in [1.807, 2.05) is 0 Å².